The Morgan fingerprint density at radius 2 is 2.05 bits per heavy atom. The van der Waals surface area contributed by atoms with E-state index in [0.29, 0.717) is 11.6 Å². The van der Waals surface area contributed by atoms with E-state index in [0.717, 1.165) is 12.5 Å². The van der Waals surface area contributed by atoms with E-state index in [9.17, 15) is 8.78 Å². The molecule has 106 valence electrons. The van der Waals surface area contributed by atoms with Gasteiger partial charge in [0.15, 0.2) is 17.5 Å². The first-order valence-electron chi connectivity index (χ1n) is 5.98. The summed E-state index contributed by atoms with van der Waals surface area (Å²) in [6.07, 6.45) is 3.56. The molecule has 2 aromatic heterocycles. The number of aromatic nitrogens is 2. The summed E-state index contributed by atoms with van der Waals surface area (Å²) in [6.45, 7) is 2.44. The topological polar surface area (TPSA) is 47.0 Å². The zero-order valence-corrected chi connectivity index (χ0v) is 11.4. The Labute approximate surface area is 119 Å². The number of hydrogen-bond acceptors (Lipinski definition) is 4. The summed E-state index contributed by atoms with van der Waals surface area (Å²) < 4.78 is 32.4. The Bertz CT molecular complexity index is 610. The lowest BCUT2D eigenvalue weighted by Crippen LogP contribution is -2.06. The summed E-state index contributed by atoms with van der Waals surface area (Å²) in [4.78, 5) is 7.58. The van der Waals surface area contributed by atoms with Crippen molar-refractivity contribution in [3.63, 3.8) is 0 Å². The van der Waals surface area contributed by atoms with Crippen LogP contribution >= 0.6 is 11.6 Å². The first-order chi connectivity index (χ1) is 9.60. The molecule has 0 aliphatic rings. The summed E-state index contributed by atoms with van der Waals surface area (Å²) in [5.41, 5.74) is 0. The van der Waals surface area contributed by atoms with Crippen LogP contribution in [-0.4, -0.2) is 16.5 Å². The Balaban J connectivity index is 2.26. The van der Waals surface area contributed by atoms with E-state index < -0.39 is 11.6 Å². The molecular weight excluding hydrogens is 288 g/mol. The van der Waals surface area contributed by atoms with Crippen LogP contribution in [0.4, 0.5) is 14.6 Å². The summed E-state index contributed by atoms with van der Waals surface area (Å²) in [5, 5.41) is 3.09. The van der Waals surface area contributed by atoms with Gasteiger partial charge in [-0.2, -0.15) is 4.98 Å². The van der Waals surface area contributed by atoms with Crippen LogP contribution < -0.4 is 10.1 Å². The van der Waals surface area contributed by atoms with Crippen LogP contribution in [0.5, 0.6) is 11.6 Å². The van der Waals surface area contributed by atoms with E-state index in [4.69, 9.17) is 16.3 Å². The fourth-order valence-electron chi connectivity index (χ4n) is 1.45. The number of ether oxygens (including phenoxy) is 1. The maximum absolute atomic E-state index is 13.6. The lowest BCUT2D eigenvalue weighted by atomic mass is 10.4. The highest BCUT2D eigenvalue weighted by Crippen LogP contribution is 2.26. The van der Waals surface area contributed by atoms with Crippen molar-refractivity contribution in [1.82, 2.24) is 9.97 Å². The Morgan fingerprint density at radius 1 is 1.25 bits per heavy atom. The highest BCUT2D eigenvalue weighted by Gasteiger charge is 2.13. The molecule has 4 nitrogen and oxygen atoms in total. The van der Waals surface area contributed by atoms with Crippen LogP contribution in [0, 0.1) is 11.6 Å². The minimum Gasteiger partial charge on any atom is -0.435 e. The van der Waals surface area contributed by atoms with E-state index in [1.54, 1.807) is 0 Å². The fraction of sp³-hybridized carbons (Fsp3) is 0.231. The number of nitrogens with one attached hydrogen (secondary N) is 1. The van der Waals surface area contributed by atoms with Gasteiger partial charge in [-0.05, 0) is 6.42 Å². The molecule has 0 aromatic carbocycles. The molecule has 0 amide bonds. The van der Waals surface area contributed by atoms with E-state index in [-0.39, 0.29) is 17.4 Å². The first kappa shape index (κ1) is 14.5. The number of halogens is 3. The summed E-state index contributed by atoms with van der Waals surface area (Å²) in [7, 11) is 0. The van der Waals surface area contributed by atoms with Gasteiger partial charge in [0.2, 0.25) is 0 Å². The van der Waals surface area contributed by atoms with Crippen molar-refractivity contribution in [3.8, 4) is 11.6 Å². The highest BCUT2D eigenvalue weighted by atomic mass is 35.5. The second kappa shape index (κ2) is 6.47. The van der Waals surface area contributed by atoms with Crippen LogP contribution in [0.1, 0.15) is 13.3 Å². The van der Waals surface area contributed by atoms with Crippen molar-refractivity contribution in [2.75, 3.05) is 11.9 Å². The molecule has 0 saturated carbocycles. The molecule has 0 aliphatic carbocycles. The van der Waals surface area contributed by atoms with E-state index in [2.05, 4.69) is 15.3 Å². The number of anilines is 1. The molecule has 0 fully saturated rings. The molecule has 7 heteroatoms. The number of nitrogens with zero attached hydrogens (tertiary/aromatic N) is 2. The second-order valence-electron chi connectivity index (χ2n) is 3.97. The molecule has 0 saturated heterocycles. The Kier molecular flexibility index (Phi) is 4.68. The fourth-order valence-corrected chi connectivity index (χ4v) is 1.61. The standard InChI is InChI=1S/C13H12ClF2N3O/c1-2-3-18-12-10(15)5-11(16)13(19-12)20-9-4-8(14)6-17-7-9/h4-7H,2-3H2,1H3,(H,18,19). The van der Waals surface area contributed by atoms with Gasteiger partial charge in [-0.25, -0.2) is 8.78 Å². The Hall–Kier alpha value is -1.95. The predicted octanol–water partition coefficient (Wildman–Crippen LogP) is 4.02. The summed E-state index contributed by atoms with van der Waals surface area (Å²) >= 11 is 5.75. The van der Waals surface area contributed by atoms with Gasteiger partial charge in [0, 0.05) is 24.9 Å². The van der Waals surface area contributed by atoms with Crippen molar-refractivity contribution < 1.29 is 13.5 Å². The summed E-state index contributed by atoms with van der Waals surface area (Å²) in [6, 6.07) is 2.18. The second-order valence-corrected chi connectivity index (χ2v) is 4.41. The summed E-state index contributed by atoms with van der Waals surface area (Å²) in [5.74, 6) is -1.85. The number of rotatable bonds is 5. The molecule has 0 unspecified atom stereocenters. The molecule has 0 aliphatic heterocycles. The maximum Gasteiger partial charge on any atom is 0.258 e. The van der Waals surface area contributed by atoms with E-state index in [1.807, 2.05) is 6.92 Å². The molecule has 0 radical (unpaired) electrons. The van der Waals surface area contributed by atoms with E-state index in [1.165, 1.54) is 18.5 Å². The largest absolute Gasteiger partial charge is 0.435 e. The minimum atomic E-state index is -0.899. The van der Waals surface area contributed by atoms with Crippen LogP contribution in [0.25, 0.3) is 0 Å². The molecule has 2 aromatic rings. The SMILES string of the molecule is CCCNc1nc(Oc2cncc(Cl)c2)c(F)cc1F. The third-order valence-electron chi connectivity index (χ3n) is 2.33. The van der Waals surface area contributed by atoms with Crippen molar-refractivity contribution in [3.05, 3.63) is 41.2 Å². The molecule has 0 bridgehead atoms. The molecule has 1 N–H and O–H groups in total. The lowest BCUT2D eigenvalue weighted by Gasteiger charge is -2.09. The third kappa shape index (κ3) is 3.54. The van der Waals surface area contributed by atoms with Crippen molar-refractivity contribution in [2.24, 2.45) is 0 Å². The number of pyridine rings is 2. The van der Waals surface area contributed by atoms with Crippen molar-refractivity contribution in [1.29, 1.82) is 0 Å². The average molecular weight is 300 g/mol. The normalized spacial score (nSPS) is 10.4. The maximum atomic E-state index is 13.6. The highest BCUT2D eigenvalue weighted by molar-refractivity contribution is 6.30. The monoisotopic (exact) mass is 299 g/mol. The molecule has 2 rings (SSSR count). The van der Waals surface area contributed by atoms with Gasteiger partial charge >= 0.3 is 0 Å². The molecule has 2 heterocycles. The molecule has 0 atom stereocenters. The first-order valence-corrected chi connectivity index (χ1v) is 6.36. The van der Waals surface area contributed by atoms with Gasteiger partial charge in [-0.3, -0.25) is 4.98 Å². The third-order valence-corrected chi connectivity index (χ3v) is 2.54. The van der Waals surface area contributed by atoms with Crippen LogP contribution in [0.2, 0.25) is 5.02 Å². The minimum absolute atomic E-state index is 0.0572. The van der Waals surface area contributed by atoms with Gasteiger partial charge in [-0.1, -0.05) is 18.5 Å². The van der Waals surface area contributed by atoms with Gasteiger partial charge in [0.25, 0.3) is 5.88 Å². The van der Waals surface area contributed by atoms with Gasteiger partial charge in [0.1, 0.15) is 5.75 Å². The van der Waals surface area contributed by atoms with Crippen LogP contribution in [-0.2, 0) is 0 Å². The zero-order valence-electron chi connectivity index (χ0n) is 10.7. The van der Waals surface area contributed by atoms with Crippen molar-refractivity contribution >= 4 is 17.4 Å². The quantitative estimate of drug-likeness (QED) is 0.905. The van der Waals surface area contributed by atoms with Crippen LogP contribution in [0.3, 0.4) is 0 Å². The average Bonchev–Trinajstić information content (AvgIpc) is 2.40. The zero-order chi connectivity index (χ0) is 14.5. The molecule has 0 spiro atoms. The lowest BCUT2D eigenvalue weighted by molar-refractivity contribution is 0.416. The Morgan fingerprint density at radius 3 is 2.75 bits per heavy atom. The molecular formula is C13H12ClF2N3O. The predicted molar refractivity (Wildman–Crippen MR) is 72.3 cm³/mol. The van der Waals surface area contributed by atoms with Gasteiger partial charge in [0.05, 0.1) is 11.2 Å². The van der Waals surface area contributed by atoms with Crippen molar-refractivity contribution in [2.45, 2.75) is 13.3 Å². The number of hydrogen-bond donors (Lipinski definition) is 1. The molecule has 20 heavy (non-hydrogen) atoms. The smallest absolute Gasteiger partial charge is 0.258 e. The van der Waals surface area contributed by atoms with E-state index >= 15 is 0 Å². The van der Waals surface area contributed by atoms with Gasteiger partial charge < -0.3 is 10.1 Å². The van der Waals surface area contributed by atoms with Crippen LogP contribution in [0.15, 0.2) is 24.5 Å². The van der Waals surface area contributed by atoms with Gasteiger partial charge in [-0.15, -0.1) is 0 Å².